The fraction of sp³-hybridized carbons (Fsp3) is 0.294. The van der Waals surface area contributed by atoms with E-state index in [4.69, 9.17) is 10.5 Å². The molecule has 0 aliphatic rings. The topological polar surface area (TPSA) is 38.5 Å². The molecule has 2 aromatic carbocycles. The molecule has 0 saturated carbocycles. The van der Waals surface area contributed by atoms with E-state index in [0.717, 1.165) is 16.9 Å². The van der Waals surface area contributed by atoms with E-state index in [-0.39, 0.29) is 11.9 Å². The highest BCUT2D eigenvalue weighted by Gasteiger charge is 2.16. The van der Waals surface area contributed by atoms with Crippen LogP contribution in [0.15, 0.2) is 48.5 Å². The molecule has 0 amide bonds. The van der Waals surface area contributed by atoms with Crippen LogP contribution in [0.2, 0.25) is 0 Å². The number of hydrogen-bond donors (Lipinski definition) is 1. The Hall–Kier alpha value is -1.91. The molecule has 0 spiro atoms. The lowest BCUT2D eigenvalue weighted by atomic mass is 10.0. The van der Waals surface area contributed by atoms with Crippen molar-refractivity contribution >= 4 is 0 Å². The number of nitrogens with two attached hydrogens (primary N) is 1. The molecule has 1 unspecified atom stereocenters. The number of ether oxygens (including phenoxy) is 1. The Bertz CT molecular complexity index is 571. The summed E-state index contributed by atoms with van der Waals surface area (Å²) in [5.74, 6) is 0.608. The number of hydrogen-bond acceptors (Lipinski definition) is 3. The molecule has 0 radical (unpaired) electrons. The van der Waals surface area contributed by atoms with E-state index >= 15 is 0 Å². The predicted molar refractivity (Wildman–Crippen MR) is 82.7 cm³/mol. The summed E-state index contributed by atoms with van der Waals surface area (Å²) < 4.78 is 18.4. The van der Waals surface area contributed by atoms with Gasteiger partial charge in [-0.25, -0.2) is 4.39 Å². The van der Waals surface area contributed by atoms with E-state index in [1.807, 2.05) is 37.4 Å². The van der Waals surface area contributed by atoms with Crippen LogP contribution in [-0.4, -0.2) is 25.6 Å². The molecule has 0 bridgehead atoms. The maximum absolute atomic E-state index is 13.2. The Labute approximate surface area is 125 Å². The van der Waals surface area contributed by atoms with Crippen molar-refractivity contribution in [2.45, 2.75) is 12.6 Å². The van der Waals surface area contributed by atoms with E-state index in [1.165, 1.54) is 6.07 Å². The Morgan fingerprint density at radius 1 is 1.19 bits per heavy atom. The monoisotopic (exact) mass is 288 g/mol. The van der Waals surface area contributed by atoms with Crippen molar-refractivity contribution in [2.24, 2.45) is 5.73 Å². The summed E-state index contributed by atoms with van der Waals surface area (Å²) in [5, 5.41) is 0. The maximum atomic E-state index is 13.2. The number of likely N-dealkylation sites (N-methyl/N-ethyl adjacent to an activating group) is 1. The van der Waals surface area contributed by atoms with Crippen molar-refractivity contribution in [1.29, 1.82) is 0 Å². The third-order valence-corrected chi connectivity index (χ3v) is 3.58. The molecular formula is C17H21FN2O. The van der Waals surface area contributed by atoms with Crippen molar-refractivity contribution in [3.8, 4) is 5.75 Å². The lowest BCUT2D eigenvalue weighted by Crippen LogP contribution is -2.30. The van der Waals surface area contributed by atoms with Crippen molar-refractivity contribution in [1.82, 2.24) is 4.90 Å². The third kappa shape index (κ3) is 4.03. The van der Waals surface area contributed by atoms with Gasteiger partial charge in [0.15, 0.2) is 0 Å². The first-order chi connectivity index (χ1) is 10.1. The molecule has 0 heterocycles. The average Bonchev–Trinajstić information content (AvgIpc) is 2.48. The second kappa shape index (κ2) is 7.20. The Morgan fingerprint density at radius 3 is 2.48 bits per heavy atom. The van der Waals surface area contributed by atoms with Crippen LogP contribution >= 0.6 is 0 Å². The zero-order valence-electron chi connectivity index (χ0n) is 12.4. The van der Waals surface area contributed by atoms with Gasteiger partial charge in [-0.3, -0.25) is 4.90 Å². The Morgan fingerprint density at radius 2 is 1.90 bits per heavy atom. The van der Waals surface area contributed by atoms with E-state index in [2.05, 4.69) is 4.90 Å². The van der Waals surface area contributed by atoms with E-state index < -0.39 is 0 Å². The molecule has 0 fully saturated rings. The first kappa shape index (κ1) is 15.5. The largest absolute Gasteiger partial charge is 0.497 e. The van der Waals surface area contributed by atoms with Crippen LogP contribution in [-0.2, 0) is 6.54 Å². The summed E-state index contributed by atoms with van der Waals surface area (Å²) in [4.78, 5) is 2.12. The molecule has 4 heteroatoms. The highest BCUT2D eigenvalue weighted by Crippen LogP contribution is 2.22. The van der Waals surface area contributed by atoms with Gasteiger partial charge in [0, 0.05) is 19.1 Å². The molecule has 2 aromatic rings. The van der Waals surface area contributed by atoms with Crippen molar-refractivity contribution in [3.63, 3.8) is 0 Å². The minimum atomic E-state index is -0.213. The van der Waals surface area contributed by atoms with E-state index in [0.29, 0.717) is 13.1 Å². The number of halogens is 1. The molecule has 2 N–H and O–H groups in total. The summed E-state index contributed by atoms with van der Waals surface area (Å²) in [6.45, 7) is 1.14. The Kier molecular flexibility index (Phi) is 5.31. The van der Waals surface area contributed by atoms with E-state index in [1.54, 1.807) is 19.2 Å². The first-order valence-electron chi connectivity index (χ1n) is 6.92. The molecule has 2 rings (SSSR count). The van der Waals surface area contributed by atoms with Crippen LogP contribution in [0.1, 0.15) is 17.2 Å². The predicted octanol–water partition coefficient (Wildman–Crippen LogP) is 2.97. The van der Waals surface area contributed by atoms with Crippen LogP contribution < -0.4 is 10.5 Å². The summed E-state index contributed by atoms with van der Waals surface area (Å²) >= 11 is 0. The minimum Gasteiger partial charge on any atom is -0.497 e. The summed E-state index contributed by atoms with van der Waals surface area (Å²) in [6, 6.07) is 14.6. The van der Waals surface area contributed by atoms with Crippen LogP contribution in [0, 0.1) is 5.82 Å². The van der Waals surface area contributed by atoms with Gasteiger partial charge >= 0.3 is 0 Å². The smallest absolute Gasteiger partial charge is 0.123 e. The molecular weight excluding hydrogens is 267 g/mol. The lowest BCUT2D eigenvalue weighted by molar-refractivity contribution is 0.241. The van der Waals surface area contributed by atoms with Gasteiger partial charge in [0.25, 0.3) is 0 Å². The third-order valence-electron chi connectivity index (χ3n) is 3.58. The summed E-state index contributed by atoms with van der Waals surface area (Å²) in [7, 11) is 3.64. The highest BCUT2D eigenvalue weighted by molar-refractivity contribution is 5.29. The van der Waals surface area contributed by atoms with Crippen molar-refractivity contribution in [3.05, 3.63) is 65.5 Å². The number of rotatable bonds is 6. The maximum Gasteiger partial charge on any atom is 0.123 e. The van der Waals surface area contributed by atoms with Gasteiger partial charge in [-0.2, -0.15) is 0 Å². The highest BCUT2D eigenvalue weighted by atomic mass is 19.1. The van der Waals surface area contributed by atoms with Gasteiger partial charge in [-0.05, 0) is 42.4 Å². The number of methoxy groups -OCH3 is 1. The zero-order valence-corrected chi connectivity index (χ0v) is 12.4. The van der Waals surface area contributed by atoms with Crippen LogP contribution in [0.3, 0.4) is 0 Å². The van der Waals surface area contributed by atoms with Crippen LogP contribution in [0.4, 0.5) is 4.39 Å². The molecule has 3 nitrogen and oxygen atoms in total. The first-order valence-corrected chi connectivity index (χ1v) is 6.92. The SMILES string of the molecule is COc1ccc(C(CN)N(C)Cc2cccc(F)c2)cc1. The Balaban J connectivity index is 2.12. The summed E-state index contributed by atoms with van der Waals surface area (Å²) in [6.07, 6.45) is 0. The quantitative estimate of drug-likeness (QED) is 0.888. The van der Waals surface area contributed by atoms with Gasteiger partial charge in [0.2, 0.25) is 0 Å². The van der Waals surface area contributed by atoms with Crippen LogP contribution in [0.25, 0.3) is 0 Å². The van der Waals surface area contributed by atoms with Gasteiger partial charge < -0.3 is 10.5 Å². The van der Waals surface area contributed by atoms with Gasteiger partial charge in [-0.1, -0.05) is 24.3 Å². The molecule has 0 aromatic heterocycles. The average molecular weight is 288 g/mol. The van der Waals surface area contributed by atoms with Crippen LogP contribution in [0.5, 0.6) is 5.75 Å². The lowest BCUT2D eigenvalue weighted by Gasteiger charge is -2.27. The van der Waals surface area contributed by atoms with Crippen molar-refractivity contribution < 1.29 is 9.13 Å². The standard InChI is InChI=1S/C17H21FN2O/c1-20(12-13-4-3-5-15(18)10-13)17(11-19)14-6-8-16(21-2)9-7-14/h3-10,17H,11-12,19H2,1-2H3. The normalized spacial score (nSPS) is 12.4. The minimum absolute atomic E-state index is 0.0826. The van der Waals surface area contributed by atoms with Crippen molar-refractivity contribution in [2.75, 3.05) is 20.7 Å². The second-order valence-corrected chi connectivity index (χ2v) is 5.07. The van der Waals surface area contributed by atoms with Gasteiger partial charge in [0.05, 0.1) is 7.11 Å². The molecule has 0 saturated heterocycles. The van der Waals surface area contributed by atoms with Gasteiger partial charge in [0.1, 0.15) is 11.6 Å². The molecule has 21 heavy (non-hydrogen) atoms. The fourth-order valence-corrected chi connectivity index (χ4v) is 2.43. The number of benzene rings is 2. The molecule has 1 atom stereocenters. The molecule has 112 valence electrons. The zero-order chi connectivity index (χ0) is 15.2. The van der Waals surface area contributed by atoms with Gasteiger partial charge in [-0.15, -0.1) is 0 Å². The fourth-order valence-electron chi connectivity index (χ4n) is 2.43. The number of nitrogens with zero attached hydrogens (tertiary/aromatic N) is 1. The second-order valence-electron chi connectivity index (χ2n) is 5.07. The summed E-state index contributed by atoms with van der Waals surface area (Å²) in [5.41, 5.74) is 7.97. The molecule has 0 aliphatic heterocycles. The van der Waals surface area contributed by atoms with E-state index in [9.17, 15) is 4.39 Å². The molecule has 0 aliphatic carbocycles.